The zero-order chi connectivity index (χ0) is 0. The number of halogens is 3. The molecule has 0 amide bonds. The molecule has 0 aromatic rings. The molecule has 0 nitrogen and oxygen atoms in total. The van der Waals surface area contributed by atoms with Gasteiger partial charge in [0.2, 0.25) is 0 Å². The molecule has 0 radical (unpaired) electrons. The van der Waals surface area contributed by atoms with E-state index in [1.54, 1.807) is 0 Å². The summed E-state index contributed by atoms with van der Waals surface area (Å²) < 4.78 is 0. The Hall–Kier alpha value is 2.81. The second kappa shape index (κ2) is 17.0. The molecule has 0 saturated heterocycles. The summed E-state index contributed by atoms with van der Waals surface area (Å²) in [4.78, 5) is 0. The van der Waals surface area contributed by atoms with Gasteiger partial charge in [-0.2, -0.15) is 0 Å². The van der Waals surface area contributed by atoms with E-state index in [2.05, 4.69) is 0 Å². The van der Waals surface area contributed by atoms with Gasteiger partial charge in [-0.05, 0) is 0 Å². The standard InChI is InChI=1S/3HI.Zn/h3*1H;. The van der Waals surface area contributed by atoms with Gasteiger partial charge in [0.05, 0.1) is 0 Å². The molecule has 0 aliphatic rings. The predicted octanol–water partition coefficient (Wildman–Crippen LogP) is 1.85. The van der Waals surface area contributed by atoms with Gasteiger partial charge in [-0.3, -0.25) is 0 Å². The molecule has 0 saturated carbocycles. The van der Waals surface area contributed by atoms with Gasteiger partial charge in [0, 0.05) is 19.5 Å². The smallest absolute Gasteiger partial charge is 0 e. The van der Waals surface area contributed by atoms with Crippen molar-refractivity contribution in [3.8, 4) is 0 Å². The Morgan fingerprint density at radius 1 is 0.500 bits per heavy atom. The molecule has 0 fully saturated rings. The average molecular weight is 449 g/mol. The molecule has 0 aromatic heterocycles. The Morgan fingerprint density at radius 3 is 0.500 bits per heavy atom. The third-order valence-electron chi connectivity index (χ3n) is 0. The normalized spacial score (nSPS) is 0. The van der Waals surface area contributed by atoms with E-state index in [1.807, 2.05) is 0 Å². The summed E-state index contributed by atoms with van der Waals surface area (Å²) in [6.45, 7) is 0. The Kier molecular flexibility index (Phi) is 124. The van der Waals surface area contributed by atoms with Gasteiger partial charge in [-0.1, -0.05) is 0 Å². The number of hydrogen-bond donors (Lipinski definition) is 0. The summed E-state index contributed by atoms with van der Waals surface area (Å²) in [5, 5.41) is 0. The van der Waals surface area contributed by atoms with Crippen LogP contribution < -0.4 is 0 Å². The van der Waals surface area contributed by atoms with Gasteiger partial charge >= 0.3 is 0 Å². The van der Waals surface area contributed by atoms with Crippen LogP contribution in [0.2, 0.25) is 0 Å². The third-order valence-corrected chi connectivity index (χ3v) is 0. The van der Waals surface area contributed by atoms with E-state index in [-0.39, 0.29) is 91.4 Å². The van der Waals surface area contributed by atoms with E-state index in [4.69, 9.17) is 0 Å². The molecule has 26 valence electrons. The van der Waals surface area contributed by atoms with Crippen LogP contribution in [0.1, 0.15) is 0 Å². The van der Waals surface area contributed by atoms with Gasteiger partial charge in [-0.25, -0.2) is 0 Å². The summed E-state index contributed by atoms with van der Waals surface area (Å²) in [5.74, 6) is 0. The fourth-order valence-electron chi connectivity index (χ4n) is 0. The minimum Gasteiger partial charge on any atom is -0.107 e. The van der Waals surface area contributed by atoms with Crippen LogP contribution in [0.3, 0.4) is 0 Å². The summed E-state index contributed by atoms with van der Waals surface area (Å²) >= 11 is 0. The van der Waals surface area contributed by atoms with Crippen LogP contribution in [0, 0.1) is 0 Å². The van der Waals surface area contributed by atoms with E-state index < -0.39 is 0 Å². The molecule has 0 aliphatic carbocycles. The van der Waals surface area contributed by atoms with E-state index in [0.717, 1.165) is 0 Å². The van der Waals surface area contributed by atoms with E-state index in [9.17, 15) is 0 Å². The largest absolute Gasteiger partial charge is 0.107 e. The van der Waals surface area contributed by atoms with Crippen LogP contribution in [0.5, 0.6) is 0 Å². The maximum atomic E-state index is 0. The van der Waals surface area contributed by atoms with Crippen molar-refractivity contribution in [3.05, 3.63) is 0 Å². The first kappa shape index (κ1) is 29.1. The molecule has 0 aromatic carbocycles. The first-order chi connectivity index (χ1) is 0. The van der Waals surface area contributed by atoms with Gasteiger partial charge < -0.3 is 0 Å². The molecule has 0 atom stereocenters. The topological polar surface area (TPSA) is 0 Å². The van der Waals surface area contributed by atoms with Crippen LogP contribution in [-0.2, 0) is 19.5 Å². The molecule has 0 N–H and O–H groups in total. The summed E-state index contributed by atoms with van der Waals surface area (Å²) in [6, 6.07) is 0. The van der Waals surface area contributed by atoms with Crippen molar-refractivity contribution < 1.29 is 19.5 Å². The summed E-state index contributed by atoms with van der Waals surface area (Å²) in [6.07, 6.45) is 0. The summed E-state index contributed by atoms with van der Waals surface area (Å²) in [5.41, 5.74) is 0. The minimum atomic E-state index is 0. The van der Waals surface area contributed by atoms with Crippen LogP contribution >= 0.6 is 71.9 Å². The van der Waals surface area contributed by atoms with Crippen molar-refractivity contribution in [2.75, 3.05) is 0 Å². The average Bonchev–Trinajstić information content (AvgIpc) is 0. The van der Waals surface area contributed by atoms with Crippen molar-refractivity contribution in [2.45, 2.75) is 0 Å². The zero-order valence-electron chi connectivity index (χ0n) is 1.93. The second-order valence-electron chi connectivity index (χ2n) is 0. The molecule has 4 heavy (non-hydrogen) atoms. The second-order valence-corrected chi connectivity index (χ2v) is 0. The van der Waals surface area contributed by atoms with E-state index in [1.165, 1.54) is 0 Å². The van der Waals surface area contributed by atoms with Crippen molar-refractivity contribution >= 4 is 71.9 Å². The fourth-order valence-corrected chi connectivity index (χ4v) is 0. The molecular weight excluding hydrogens is 446 g/mol. The van der Waals surface area contributed by atoms with E-state index >= 15 is 0 Å². The number of hydrogen-bond acceptors (Lipinski definition) is 0. The first-order valence-electron chi connectivity index (χ1n) is 0. The van der Waals surface area contributed by atoms with Crippen molar-refractivity contribution in [1.29, 1.82) is 0 Å². The van der Waals surface area contributed by atoms with Crippen molar-refractivity contribution in [2.24, 2.45) is 0 Å². The molecule has 4 heteroatoms. The van der Waals surface area contributed by atoms with Crippen molar-refractivity contribution in [3.63, 3.8) is 0 Å². The first-order valence-corrected chi connectivity index (χ1v) is 0. The van der Waals surface area contributed by atoms with Gasteiger partial charge in [0.1, 0.15) is 0 Å². The van der Waals surface area contributed by atoms with Crippen LogP contribution in [0.4, 0.5) is 0 Å². The maximum Gasteiger partial charge on any atom is 0 e. The monoisotopic (exact) mass is 448 g/mol. The quantitative estimate of drug-likeness (QED) is 0.392. The van der Waals surface area contributed by atoms with Gasteiger partial charge in [0.15, 0.2) is 0 Å². The minimum absolute atomic E-state index is 0. The van der Waals surface area contributed by atoms with Crippen LogP contribution in [0.25, 0.3) is 0 Å². The zero-order valence-corrected chi connectivity index (χ0v) is 11.9. The Balaban J connectivity index is 0. The molecule has 0 rings (SSSR count). The Bertz CT molecular complexity index is 3.25. The number of rotatable bonds is 0. The van der Waals surface area contributed by atoms with Gasteiger partial charge in [0.25, 0.3) is 0 Å². The molecule has 0 heterocycles. The van der Waals surface area contributed by atoms with Crippen LogP contribution in [0.15, 0.2) is 0 Å². The van der Waals surface area contributed by atoms with E-state index in [0.29, 0.717) is 0 Å². The van der Waals surface area contributed by atoms with Gasteiger partial charge in [-0.15, -0.1) is 71.9 Å². The molecule has 0 spiro atoms. The Morgan fingerprint density at radius 2 is 0.500 bits per heavy atom. The SMILES string of the molecule is I.I.I.[Zn]. The molecule has 0 bridgehead atoms. The third kappa shape index (κ3) is 8.84. The predicted molar refractivity (Wildman–Crippen MR) is 46.2 cm³/mol. The Labute approximate surface area is 89.7 Å². The fraction of sp³-hybridized carbons (Fsp3) is 0. The van der Waals surface area contributed by atoms with Crippen LogP contribution in [-0.4, -0.2) is 0 Å². The maximum absolute atomic E-state index is 0. The molecule has 0 unspecified atom stereocenters. The van der Waals surface area contributed by atoms with Crippen molar-refractivity contribution in [1.82, 2.24) is 0 Å². The summed E-state index contributed by atoms with van der Waals surface area (Å²) in [7, 11) is 0. The molecular formula is H3I3Zn. The molecule has 0 aliphatic heterocycles.